The number of unbranched alkanes of at least 4 members (excludes halogenated alkanes) is 9. The molecule has 0 aliphatic heterocycles. The van der Waals surface area contributed by atoms with E-state index >= 15 is 0 Å². The molecule has 0 aromatic carbocycles. The summed E-state index contributed by atoms with van der Waals surface area (Å²) in [5.74, 6) is 0. The Morgan fingerprint density at radius 2 is 0.676 bits per heavy atom. The quantitative estimate of drug-likeness (QED) is 0.244. The van der Waals surface area contributed by atoms with Crippen LogP contribution in [0.25, 0.3) is 0 Å². The molecule has 0 saturated carbocycles. The highest BCUT2D eigenvalue weighted by molar-refractivity contribution is 5.18. The van der Waals surface area contributed by atoms with Gasteiger partial charge in [0.25, 0.3) is 0 Å². The lowest BCUT2D eigenvalue weighted by atomic mass is 9.88. The molecule has 34 heavy (non-hydrogen) atoms. The number of halogens is 2. The van der Waals surface area contributed by atoms with Crippen molar-refractivity contribution in [2.75, 3.05) is 0 Å². The first-order chi connectivity index (χ1) is 15.2. The number of aromatic nitrogens is 2. The first kappa shape index (κ1) is 33.3. The fourth-order valence-corrected chi connectivity index (χ4v) is 4.22. The monoisotopic (exact) mass is 596 g/mol. The Balaban J connectivity index is 0.00000544. The van der Waals surface area contributed by atoms with E-state index in [9.17, 15) is 0 Å². The van der Waals surface area contributed by atoms with Crippen molar-refractivity contribution in [1.82, 2.24) is 0 Å². The molecule has 0 saturated heterocycles. The zero-order chi connectivity index (χ0) is 23.5. The molecule has 0 bridgehead atoms. The molecule has 2 heterocycles. The molecular weight excluding hydrogens is 548 g/mol. The normalized spacial score (nSPS) is 11.6. The molecule has 0 atom stereocenters. The van der Waals surface area contributed by atoms with Crippen LogP contribution in [-0.2, 0) is 23.9 Å². The molecule has 2 aromatic rings. The van der Waals surface area contributed by atoms with Gasteiger partial charge in [0.15, 0.2) is 24.8 Å². The molecule has 2 rings (SSSR count). The van der Waals surface area contributed by atoms with Gasteiger partial charge in [-0.3, -0.25) is 0 Å². The summed E-state index contributed by atoms with van der Waals surface area (Å²) in [6, 6.07) is 9.12. The van der Waals surface area contributed by atoms with E-state index in [0.717, 1.165) is 13.1 Å². The third-order valence-electron chi connectivity index (χ3n) is 6.60. The van der Waals surface area contributed by atoms with Gasteiger partial charge in [0.2, 0.25) is 0 Å². The first-order valence-corrected chi connectivity index (χ1v) is 13.2. The Hall–Kier alpha value is -0.740. The fourth-order valence-electron chi connectivity index (χ4n) is 4.22. The molecule has 0 amide bonds. The summed E-state index contributed by atoms with van der Waals surface area (Å²) in [6.45, 7) is 16.0. The third kappa shape index (κ3) is 13.4. The third-order valence-corrected chi connectivity index (χ3v) is 6.60. The standard InChI is InChI=1S/C30H50N2.2BrH/c1-29(2,3)27-17-23-31(24-18-27)21-15-13-11-9-7-8-10-12-14-16-22-32-25-19-28(20-26-32)30(4,5)6;;/h17-20,23-26H,7-16,21-22H2,1-6H3;2*1H/q+2;;/p-2. The summed E-state index contributed by atoms with van der Waals surface area (Å²) in [6.07, 6.45) is 22.7. The average molecular weight is 599 g/mol. The minimum atomic E-state index is 0. The maximum atomic E-state index is 2.34. The van der Waals surface area contributed by atoms with Crippen molar-refractivity contribution < 1.29 is 43.1 Å². The van der Waals surface area contributed by atoms with Crippen LogP contribution in [0.3, 0.4) is 0 Å². The van der Waals surface area contributed by atoms with E-state index in [2.05, 4.69) is 99.7 Å². The average Bonchev–Trinajstić information content (AvgIpc) is 2.74. The number of rotatable bonds is 13. The minimum Gasteiger partial charge on any atom is -1.00 e. The second kappa shape index (κ2) is 16.8. The zero-order valence-electron chi connectivity index (χ0n) is 22.8. The Morgan fingerprint density at radius 1 is 0.441 bits per heavy atom. The smallest absolute Gasteiger partial charge is 0.169 e. The number of nitrogens with zero attached hydrogens (tertiary/aromatic N) is 2. The van der Waals surface area contributed by atoms with Crippen LogP contribution in [0.2, 0.25) is 0 Å². The molecule has 0 aliphatic rings. The second-order valence-corrected chi connectivity index (χ2v) is 11.7. The van der Waals surface area contributed by atoms with Gasteiger partial charge in [-0.2, -0.15) is 0 Å². The van der Waals surface area contributed by atoms with Gasteiger partial charge in [-0.05, 0) is 34.8 Å². The van der Waals surface area contributed by atoms with Crippen LogP contribution in [0.4, 0.5) is 0 Å². The Morgan fingerprint density at radius 3 is 0.912 bits per heavy atom. The van der Waals surface area contributed by atoms with Crippen molar-refractivity contribution in [3.63, 3.8) is 0 Å². The van der Waals surface area contributed by atoms with Crippen LogP contribution in [-0.4, -0.2) is 0 Å². The van der Waals surface area contributed by atoms with E-state index in [1.54, 1.807) is 0 Å². The highest BCUT2D eigenvalue weighted by Crippen LogP contribution is 2.21. The van der Waals surface area contributed by atoms with Crippen LogP contribution in [0.1, 0.15) is 117 Å². The van der Waals surface area contributed by atoms with Gasteiger partial charge < -0.3 is 34.0 Å². The highest BCUT2D eigenvalue weighted by Gasteiger charge is 2.15. The predicted octanol–water partition coefficient (Wildman–Crippen LogP) is 1.47. The van der Waals surface area contributed by atoms with Gasteiger partial charge in [-0.25, -0.2) is 9.13 Å². The van der Waals surface area contributed by atoms with Crippen LogP contribution < -0.4 is 43.1 Å². The molecule has 194 valence electrons. The molecule has 0 spiro atoms. The van der Waals surface area contributed by atoms with E-state index in [1.807, 2.05) is 0 Å². The van der Waals surface area contributed by atoms with Crippen molar-refractivity contribution in [3.8, 4) is 0 Å². The summed E-state index contributed by atoms with van der Waals surface area (Å²) < 4.78 is 4.68. The van der Waals surface area contributed by atoms with Crippen LogP contribution in [0.5, 0.6) is 0 Å². The minimum absolute atomic E-state index is 0. The fraction of sp³-hybridized carbons (Fsp3) is 0.667. The molecule has 0 unspecified atom stereocenters. The van der Waals surface area contributed by atoms with Gasteiger partial charge in [0, 0.05) is 37.1 Å². The summed E-state index contributed by atoms with van der Waals surface area (Å²) in [5.41, 5.74) is 3.33. The summed E-state index contributed by atoms with van der Waals surface area (Å²) >= 11 is 0. The lowest BCUT2D eigenvalue weighted by Gasteiger charge is -2.17. The maximum absolute atomic E-state index is 2.34. The number of pyridine rings is 2. The summed E-state index contributed by atoms with van der Waals surface area (Å²) in [5, 5.41) is 0. The van der Waals surface area contributed by atoms with Crippen molar-refractivity contribution in [2.24, 2.45) is 0 Å². The molecule has 0 N–H and O–H groups in total. The Labute approximate surface area is 232 Å². The molecule has 0 fully saturated rings. The maximum Gasteiger partial charge on any atom is 0.169 e. The van der Waals surface area contributed by atoms with Crippen LogP contribution >= 0.6 is 0 Å². The zero-order valence-corrected chi connectivity index (χ0v) is 25.9. The topological polar surface area (TPSA) is 7.76 Å². The molecule has 2 aromatic heterocycles. The lowest BCUT2D eigenvalue weighted by Crippen LogP contribution is -3.00. The van der Waals surface area contributed by atoms with Gasteiger partial charge in [0.1, 0.15) is 13.1 Å². The number of hydrogen-bond acceptors (Lipinski definition) is 0. The van der Waals surface area contributed by atoms with Crippen molar-refractivity contribution in [3.05, 3.63) is 60.2 Å². The van der Waals surface area contributed by atoms with Gasteiger partial charge in [-0.1, -0.05) is 80.1 Å². The van der Waals surface area contributed by atoms with Gasteiger partial charge in [-0.15, -0.1) is 0 Å². The van der Waals surface area contributed by atoms with E-state index < -0.39 is 0 Å². The van der Waals surface area contributed by atoms with Gasteiger partial charge in [0.05, 0.1) is 0 Å². The summed E-state index contributed by atoms with van der Waals surface area (Å²) in [4.78, 5) is 0. The second-order valence-electron chi connectivity index (χ2n) is 11.7. The molecular formula is C30H50Br2N2. The molecule has 0 aliphatic carbocycles. The first-order valence-electron chi connectivity index (χ1n) is 13.2. The molecule has 4 heteroatoms. The highest BCUT2D eigenvalue weighted by atomic mass is 79.9. The molecule has 2 nitrogen and oxygen atoms in total. The Kier molecular flexibility index (Phi) is 16.5. The lowest BCUT2D eigenvalue weighted by molar-refractivity contribution is -0.697. The summed E-state index contributed by atoms with van der Waals surface area (Å²) in [7, 11) is 0. The Bertz CT molecular complexity index is 689. The largest absolute Gasteiger partial charge is 1.00 e. The van der Waals surface area contributed by atoms with E-state index in [-0.39, 0.29) is 44.8 Å². The van der Waals surface area contributed by atoms with Gasteiger partial charge >= 0.3 is 0 Å². The van der Waals surface area contributed by atoms with E-state index in [1.165, 1.54) is 75.3 Å². The van der Waals surface area contributed by atoms with E-state index in [4.69, 9.17) is 0 Å². The SMILES string of the molecule is CC(C)(C)c1cc[n+](CCCCCCCCCCCC[n+]2ccc(C(C)(C)C)cc2)cc1.[Br-].[Br-]. The van der Waals surface area contributed by atoms with Crippen molar-refractivity contribution in [2.45, 2.75) is 130 Å². The van der Waals surface area contributed by atoms with E-state index in [0.29, 0.717) is 0 Å². The van der Waals surface area contributed by atoms with Crippen molar-refractivity contribution in [1.29, 1.82) is 0 Å². The van der Waals surface area contributed by atoms with Crippen molar-refractivity contribution >= 4 is 0 Å². The predicted molar refractivity (Wildman–Crippen MR) is 137 cm³/mol. The molecule has 0 radical (unpaired) electrons. The van der Waals surface area contributed by atoms with Crippen LogP contribution in [0.15, 0.2) is 49.1 Å². The number of hydrogen-bond donors (Lipinski definition) is 0. The number of aryl methyl sites for hydroxylation is 2. The van der Waals surface area contributed by atoms with Crippen LogP contribution in [0, 0.1) is 0 Å².